The summed E-state index contributed by atoms with van der Waals surface area (Å²) in [6, 6.07) is 14.4. The van der Waals surface area contributed by atoms with Gasteiger partial charge in [0.15, 0.2) is 0 Å². The Morgan fingerprint density at radius 3 is 2.64 bits per heavy atom. The summed E-state index contributed by atoms with van der Waals surface area (Å²) in [6.07, 6.45) is 0.0965. The van der Waals surface area contributed by atoms with E-state index in [1.165, 1.54) is 31.2 Å². The Bertz CT molecular complexity index is 1310. The van der Waals surface area contributed by atoms with Crippen LogP contribution in [-0.4, -0.2) is 42.2 Å². The summed E-state index contributed by atoms with van der Waals surface area (Å²) < 4.78 is 24.6. The molecule has 4 rings (SSSR count). The van der Waals surface area contributed by atoms with Crippen LogP contribution in [0.2, 0.25) is 0 Å². The lowest BCUT2D eigenvalue weighted by atomic mass is 9.82. The van der Waals surface area contributed by atoms with Gasteiger partial charge in [0.2, 0.25) is 11.8 Å². The number of fused-ring (bicyclic) bond motifs is 1. The number of pyridine rings is 1. The van der Waals surface area contributed by atoms with Gasteiger partial charge in [-0.05, 0) is 61.9 Å². The number of primary amides is 1. The van der Waals surface area contributed by atoms with Crippen LogP contribution >= 0.6 is 0 Å². The molecule has 0 bridgehead atoms. The molecule has 2 heterocycles. The summed E-state index contributed by atoms with van der Waals surface area (Å²) in [7, 11) is 1.55. The number of benzene rings is 2. The van der Waals surface area contributed by atoms with Gasteiger partial charge in [-0.3, -0.25) is 9.59 Å². The van der Waals surface area contributed by atoms with Gasteiger partial charge >= 0.3 is 0 Å². The van der Waals surface area contributed by atoms with Gasteiger partial charge in [-0.2, -0.15) is 0 Å². The maximum Gasteiger partial charge on any atom is 0.231 e. The lowest BCUT2D eigenvalue weighted by Gasteiger charge is -2.26. The first-order valence-corrected chi connectivity index (χ1v) is 11.4. The number of carbonyl (C=O) groups excluding carboxylic acids is 2. The second-order valence-corrected chi connectivity index (χ2v) is 9.30. The Kier molecular flexibility index (Phi) is 6.69. The number of rotatable bonds is 8. The monoisotopic (exact) mass is 493 g/mol. The molecule has 0 spiro atoms. The SMILES string of the molecule is COc1cccc(CC(=O)NC[C@](C)(O)c2cc3c(c(-c4ccc(F)cc4)n2)OC[C@]3(C)C(N)=O)c1. The number of aliphatic hydroxyl groups is 1. The molecule has 3 aromatic rings. The van der Waals surface area contributed by atoms with E-state index in [2.05, 4.69) is 10.3 Å². The predicted octanol–water partition coefficient (Wildman–Crippen LogP) is 2.60. The maximum absolute atomic E-state index is 13.5. The zero-order chi connectivity index (χ0) is 26.1. The first-order chi connectivity index (χ1) is 17.0. The van der Waals surface area contributed by atoms with Crippen LogP contribution in [0.4, 0.5) is 4.39 Å². The molecule has 0 radical (unpaired) electrons. The summed E-state index contributed by atoms with van der Waals surface area (Å²) in [6.45, 7) is 3.04. The molecular weight excluding hydrogens is 465 g/mol. The molecule has 0 unspecified atom stereocenters. The van der Waals surface area contributed by atoms with E-state index >= 15 is 0 Å². The fourth-order valence-electron chi connectivity index (χ4n) is 4.06. The fraction of sp³-hybridized carbons (Fsp3) is 0.296. The van der Waals surface area contributed by atoms with Gasteiger partial charge in [-0.25, -0.2) is 9.37 Å². The Labute approximate surface area is 208 Å². The maximum atomic E-state index is 13.5. The van der Waals surface area contributed by atoms with Crippen LogP contribution in [0.15, 0.2) is 54.6 Å². The molecule has 4 N–H and O–H groups in total. The van der Waals surface area contributed by atoms with E-state index in [1.54, 1.807) is 38.3 Å². The van der Waals surface area contributed by atoms with E-state index in [9.17, 15) is 19.1 Å². The molecule has 8 nitrogen and oxygen atoms in total. The molecule has 0 fully saturated rings. The van der Waals surface area contributed by atoms with Crippen molar-refractivity contribution in [1.29, 1.82) is 0 Å². The van der Waals surface area contributed by atoms with Crippen molar-refractivity contribution < 1.29 is 28.6 Å². The van der Waals surface area contributed by atoms with Gasteiger partial charge in [-0.15, -0.1) is 0 Å². The Hall–Kier alpha value is -3.98. The molecule has 2 amide bonds. The number of aromatic nitrogens is 1. The van der Waals surface area contributed by atoms with E-state index < -0.39 is 22.7 Å². The van der Waals surface area contributed by atoms with Crippen LogP contribution in [0.5, 0.6) is 11.5 Å². The van der Waals surface area contributed by atoms with Crippen LogP contribution in [0.3, 0.4) is 0 Å². The van der Waals surface area contributed by atoms with Crippen LogP contribution in [0.25, 0.3) is 11.3 Å². The minimum atomic E-state index is -1.60. The summed E-state index contributed by atoms with van der Waals surface area (Å²) in [5.41, 5.74) is 5.27. The van der Waals surface area contributed by atoms with Gasteiger partial charge in [0.05, 0.1) is 25.8 Å². The van der Waals surface area contributed by atoms with E-state index in [4.69, 9.17) is 15.2 Å². The third-order valence-electron chi connectivity index (χ3n) is 6.41. The van der Waals surface area contributed by atoms with E-state index in [0.29, 0.717) is 28.3 Å². The number of nitrogens with zero attached hydrogens (tertiary/aromatic N) is 1. The Morgan fingerprint density at radius 1 is 1.25 bits per heavy atom. The van der Waals surface area contributed by atoms with E-state index in [-0.39, 0.29) is 31.2 Å². The number of halogens is 1. The Morgan fingerprint density at radius 2 is 1.97 bits per heavy atom. The number of nitrogens with one attached hydrogen (secondary N) is 1. The molecule has 0 saturated heterocycles. The van der Waals surface area contributed by atoms with Crippen LogP contribution in [0.1, 0.15) is 30.7 Å². The van der Waals surface area contributed by atoms with Gasteiger partial charge in [0.25, 0.3) is 0 Å². The van der Waals surface area contributed by atoms with Crippen molar-refractivity contribution in [2.24, 2.45) is 5.73 Å². The summed E-state index contributed by atoms with van der Waals surface area (Å²) in [5, 5.41) is 14.1. The second kappa shape index (κ2) is 9.58. The molecule has 1 aliphatic rings. The molecule has 2 atom stereocenters. The second-order valence-electron chi connectivity index (χ2n) is 9.30. The molecule has 0 saturated carbocycles. The highest BCUT2D eigenvalue weighted by Gasteiger charge is 2.45. The molecule has 2 aromatic carbocycles. The molecule has 1 aromatic heterocycles. The molecule has 1 aliphatic heterocycles. The van der Waals surface area contributed by atoms with Gasteiger partial charge in [0, 0.05) is 11.1 Å². The minimum absolute atomic E-state index is 0.0103. The number of hydrogen-bond acceptors (Lipinski definition) is 6. The highest BCUT2D eigenvalue weighted by Crippen LogP contribution is 2.45. The van der Waals surface area contributed by atoms with Crippen molar-refractivity contribution in [1.82, 2.24) is 10.3 Å². The first kappa shape index (κ1) is 25.1. The van der Waals surface area contributed by atoms with Crippen molar-refractivity contribution in [2.45, 2.75) is 31.3 Å². The third kappa shape index (κ3) is 4.87. The van der Waals surface area contributed by atoms with Gasteiger partial charge in [-0.1, -0.05) is 12.1 Å². The van der Waals surface area contributed by atoms with Gasteiger partial charge < -0.3 is 25.6 Å². The summed E-state index contributed by atoms with van der Waals surface area (Å²) in [5.74, 6) is -0.309. The fourth-order valence-corrected chi connectivity index (χ4v) is 4.06. The van der Waals surface area contributed by atoms with Crippen molar-refractivity contribution in [3.05, 3.63) is 77.2 Å². The topological polar surface area (TPSA) is 124 Å². The van der Waals surface area contributed by atoms with Gasteiger partial charge in [0.1, 0.15) is 40.6 Å². The highest BCUT2D eigenvalue weighted by molar-refractivity contribution is 5.90. The molecular formula is C27H28FN3O5. The minimum Gasteiger partial charge on any atom is -0.497 e. The molecule has 188 valence electrons. The number of hydrogen-bond donors (Lipinski definition) is 3. The number of nitrogens with two attached hydrogens (primary N) is 1. The van der Waals surface area contributed by atoms with Crippen LogP contribution < -0.4 is 20.5 Å². The number of carbonyl (C=O) groups is 2. The Balaban J connectivity index is 1.64. The van der Waals surface area contributed by atoms with Crippen LogP contribution in [0, 0.1) is 5.82 Å². The number of ether oxygens (including phenoxy) is 2. The van der Waals surface area contributed by atoms with Crippen molar-refractivity contribution in [3.63, 3.8) is 0 Å². The zero-order valence-electron chi connectivity index (χ0n) is 20.3. The normalized spacial score (nSPS) is 18.0. The predicted molar refractivity (Wildman–Crippen MR) is 131 cm³/mol. The molecule has 9 heteroatoms. The smallest absolute Gasteiger partial charge is 0.231 e. The van der Waals surface area contributed by atoms with E-state index in [1.807, 2.05) is 6.07 Å². The average Bonchev–Trinajstić information content (AvgIpc) is 3.21. The first-order valence-electron chi connectivity index (χ1n) is 11.4. The summed E-state index contributed by atoms with van der Waals surface area (Å²) >= 11 is 0. The van der Waals surface area contributed by atoms with Crippen molar-refractivity contribution in [2.75, 3.05) is 20.3 Å². The zero-order valence-corrected chi connectivity index (χ0v) is 20.3. The summed E-state index contributed by atoms with van der Waals surface area (Å²) in [4.78, 5) is 29.5. The quantitative estimate of drug-likeness (QED) is 0.443. The number of methoxy groups -OCH3 is 1. The van der Waals surface area contributed by atoms with Crippen LogP contribution in [-0.2, 0) is 27.0 Å². The van der Waals surface area contributed by atoms with Crippen molar-refractivity contribution >= 4 is 11.8 Å². The lowest BCUT2D eigenvalue weighted by molar-refractivity contribution is -0.123. The average molecular weight is 494 g/mol. The third-order valence-corrected chi connectivity index (χ3v) is 6.41. The molecule has 36 heavy (non-hydrogen) atoms. The molecule has 0 aliphatic carbocycles. The highest BCUT2D eigenvalue weighted by atomic mass is 19.1. The van der Waals surface area contributed by atoms with Crippen molar-refractivity contribution in [3.8, 4) is 22.8 Å². The standard InChI is InChI=1S/C27H28FN3O5/c1-26(25(29)33)15-36-24-20(26)13-21(31-23(24)17-7-9-18(28)10-8-17)27(2,34)14-30-22(32)12-16-5-4-6-19(11-16)35-3/h4-11,13,34H,12,14-15H2,1-3H3,(H2,29,33)(H,30,32)/t26-,27-/m0/s1. The largest absolute Gasteiger partial charge is 0.497 e. The van der Waals surface area contributed by atoms with E-state index in [0.717, 1.165) is 5.56 Å². The number of amides is 2. The lowest BCUT2D eigenvalue weighted by Crippen LogP contribution is -2.41.